The number of aldehydes is 1. The highest BCUT2D eigenvalue weighted by Crippen LogP contribution is 2.40. The molecular weight excluding hydrogens is 530 g/mol. The lowest BCUT2D eigenvalue weighted by atomic mass is 10.0. The van der Waals surface area contributed by atoms with Crippen LogP contribution < -0.4 is 16.5 Å². The molecule has 4 rings (SSSR count). The Labute approximate surface area is 247 Å². The average molecular weight is 574 g/mol. The van der Waals surface area contributed by atoms with Crippen LogP contribution in [-0.4, -0.2) is 40.3 Å². The van der Waals surface area contributed by atoms with Crippen molar-refractivity contribution in [2.75, 3.05) is 18.4 Å². The molecule has 0 fully saturated rings. The number of pyridine rings is 1. The van der Waals surface area contributed by atoms with Gasteiger partial charge in [0.05, 0.1) is 5.54 Å². The summed E-state index contributed by atoms with van der Waals surface area (Å²) in [5.41, 5.74) is 8.56. The summed E-state index contributed by atoms with van der Waals surface area (Å²) in [5, 5.41) is 5.12. The largest absolute Gasteiger partial charge is 0.356 e. The highest BCUT2D eigenvalue weighted by Gasteiger charge is 2.22. The van der Waals surface area contributed by atoms with Gasteiger partial charge in [-0.1, -0.05) is 45.9 Å². The Hall–Kier alpha value is -3.75. The number of nitrogens with two attached hydrogens (primary N) is 1. The molecular formula is C33H43N5O2S. The SMILES string of the molecule is CC.CCCN(CCC)C(=C/C=O)/N=c1/c(-c2cccc3c2sc2ccc(NC(=O)C(C)(C)N)cc23)cccn1C. The molecule has 2 heterocycles. The van der Waals surface area contributed by atoms with Gasteiger partial charge in [-0.25, -0.2) is 4.99 Å². The zero-order valence-electron chi connectivity index (χ0n) is 25.3. The summed E-state index contributed by atoms with van der Waals surface area (Å²) in [7, 11) is 1.98. The fourth-order valence-corrected chi connectivity index (χ4v) is 5.81. The molecule has 0 saturated heterocycles. The minimum atomic E-state index is -0.970. The Bertz CT molecular complexity index is 1600. The van der Waals surface area contributed by atoms with Crippen molar-refractivity contribution >= 4 is 49.4 Å². The number of nitrogens with one attached hydrogen (secondary N) is 1. The first-order valence-corrected chi connectivity index (χ1v) is 15.2. The first-order chi connectivity index (χ1) is 19.7. The number of thiophene rings is 1. The van der Waals surface area contributed by atoms with E-state index in [0.29, 0.717) is 11.5 Å². The molecule has 0 aliphatic heterocycles. The quantitative estimate of drug-likeness (QED) is 0.161. The number of hydrogen-bond donors (Lipinski definition) is 2. The second-order valence-electron chi connectivity index (χ2n) is 10.3. The van der Waals surface area contributed by atoms with E-state index in [-0.39, 0.29) is 5.91 Å². The van der Waals surface area contributed by atoms with Crippen LogP contribution in [0.4, 0.5) is 5.69 Å². The third-order valence-corrected chi connectivity index (χ3v) is 7.75. The van der Waals surface area contributed by atoms with Crippen molar-refractivity contribution in [3.05, 3.63) is 72.1 Å². The number of carbonyl (C=O) groups is 2. The molecule has 2 aromatic heterocycles. The van der Waals surface area contributed by atoms with Crippen LogP contribution in [-0.2, 0) is 16.6 Å². The summed E-state index contributed by atoms with van der Waals surface area (Å²) in [6.07, 6.45) is 6.27. The number of aromatic nitrogens is 1. The normalized spacial score (nSPS) is 12.3. The number of rotatable bonds is 10. The van der Waals surface area contributed by atoms with Crippen LogP contribution in [0, 0.1) is 0 Å². The maximum atomic E-state index is 12.5. The molecule has 8 heteroatoms. The van der Waals surface area contributed by atoms with Crippen molar-refractivity contribution in [2.24, 2.45) is 17.8 Å². The topological polar surface area (TPSA) is 92.7 Å². The molecule has 0 aliphatic rings. The molecule has 0 saturated carbocycles. The molecule has 4 aromatic rings. The van der Waals surface area contributed by atoms with E-state index < -0.39 is 5.54 Å². The Kier molecular flexibility index (Phi) is 11.0. The van der Waals surface area contributed by atoms with E-state index in [9.17, 15) is 9.59 Å². The van der Waals surface area contributed by atoms with E-state index in [1.54, 1.807) is 31.3 Å². The molecule has 218 valence electrons. The monoisotopic (exact) mass is 573 g/mol. The van der Waals surface area contributed by atoms with Crippen molar-refractivity contribution in [1.29, 1.82) is 0 Å². The van der Waals surface area contributed by atoms with Crippen molar-refractivity contribution in [3.8, 4) is 11.1 Å². The van der Waals surface area contributed by atoms with E-state index in [4.69, 9.17) is 10.7 Å². The Morgan fingerprint density at radius 1 is 1.05 bits per heavy atom. The zero-order chi connectivity index (χ0) is 30.2. The van der Waals surface area contributed by atoms with Gasteiger partial charge in [-0.15, -0.1) is 11.3 Å². The Morgan fingerprint density at radius 2 is 1.73 bits per heavy atom. The Balaban J connectivity index is 0.00000226. The van der Waals surface area contributed by atoms with Crippen molar-refractivity contribution in [2.45, 2.75) is 59.9 Å². The van der Waals surface area contributed by atoms with Gasteiger partial charge < -0.3 is 20.5 Å². The smallest absolute Gasteiger partial charge is 0.243 e. The minimum absolute atomic E-state index is 0.232. The molecule has 2 aromatic carbocycles. The van der Waals surface area contributed by atoms with Gasteiger partial charge in [0.1, 0.15) is 17.6 Å². The summed E-state index contributed by atoms with van der Waals surface area (Å²) in [6, 6.07) is 16.3. The molecule has 0 bridgehead atoms. The molecule has 0 spiro atoms. The van der Waals surface area contributed by atoms with Crippen molar-refractivity contribution < 1.29 is 9.59 Å². The summed E-state index contributed by atoms with van der Waals surface area (Å²) in [5.74, 6) is 0.438. The Morgan fingerprint density at radius 3 is 2.37 bits per heavy atom. The average Bonchev–Trinajstić information content (AvgIpc) is 3.32. The molecule has 1 amide bonds. The zero-order valence-corrected chi connectivity index (χ0v) is 26.1. The summed E-state index contributed by atoms with van der Waals surface area (Å²) in [4.78, 5) is 31.3. The molecule has 0 unspecified atom stereocenters. The second-order valence-corrected chi connectivity index (χ2v) is 11.3. The van der Waals surface area contributed by atoms with Crippen LogP contribution in [0.5, 0.6) is 0 Å². The number of carbonyl (C=O) groups excluding carboxylic acids is 2. The van der Waals surface area contributed by atoms with Crippen LogP contribution in [0.1, 0.15) is 54.4 Å². The maximum Gasteiger partial charge on any atom is 0.243 e. The number of benzene rings is 2. The highest BCUT2D eigenvalue weighted by molar-refractivity contribution is 7.26. The van der Waals surface area contributed by atoms with Crippen molar-refractivity contribution in [3.63, 3.8) is 0 Å². The lowest BCUT2D eigenvalue weighted by Gasteiger charge is -2.23. The summed E-state index contributed by atoms with van der Waals surface area (Å²) in [6.45, 7) is 13.3. The predicted molar refractivity (Wildman–Crippen MR) is 174 cm³/mol. The summed E-state index contributed by atoms with van der Waals surface area (Å²) < 4.78 is 4.26. The molecule has 3 N–H and O–H groups in total. The van der Waals surface area contributed by atoms with E-state index in [2.05, 4.69) is 48.3 Å². The highest BCUT2D eigenvalue weighted by atomic mass is 32.1. The number of fused-ring (bicyclic) bond motifs is 3. The summed E-state index contributed by atoms with van der Waals surface area (Å²) >= 11 is 1.71. The van der Waals surface area contributed by atoms with Crippen molar-refractivity contribution in [1.82, 2.24) is 9.47 Å². The van der Waals surface area contributed by atoms with Gasteiger partial charge in [-0.2, -0.15) is 0 Å². The fraction of sp³-hybridized carbons (Fsp3) is 0.364. The van der Waals surface area contributed by atoms with Gasteiger partial charge in [-0.3, -0.25) is 9.59 Å². The number of anilines is 1. The van der Waals surface area contributed by atoms with Gasteiger partial charge in [0.2, 0.25) is 5.91 Å². The predicted octanol–water partition coefficient (Wildman–Crippen LogP) is 6.83. The van der Waals surface area contributed by atoms with E-state index in [0.717, 1.165) is 69.0 Å². The van der Waals surface area contributed by atoms with Crippen LogP contribution in [0.25, 0.3) is 31.3 Å². The van der Waals surface area contributed by atoms with E-state index in [1.165, 1.54) is 0 Å². The van der Waals surface area contributed by atoms with Gasteiger partial charge in [0, 0.05) is 69.4 Å². The lowest BCUT2D eigenvalue weighted by Crippen LogP contribution is -2.45. The molecule has 7 nitrogen and oxygen atoms in total. The molecule has 0 atom stereocenters. The third-order valence-electron chi connectivity index (χ3n) is 6.53. The maximum absolute atomic E-state index is 12.5. The molecule has 0 aliphatic carbocycles. The van der Waals surface area contributed by atoms with Crippen LogP contribution in [0.3, 0.4) is 0 Å². The van der Waals surface area contributed by atoms with Gasteiger partial charge >= 0.3 is 0 Å². The van der Waals surface area contributed by atoms with E-state index in [1.807, 2.05) is 55.9 Å². The number of aryl methyl sites for hydroxylation is 1. The third kappa shape index (κ3) is 7.31. The number of hydrogen-bond acceptors (Lipinski definition) is 6. The van der Waals surface area contributed by atoms with Gasteiger partial charge in [0.25, 0.3) is 0 Å². The number of nitrogens with zero attached hydrogens (tertiary/aromatic N) is 3. The van der Waals surface area contributed by atoms with Gasteiger partial charge in [-0.05, 0) is 57.0 Å². The molecule has 0 radical (unpaired) electrons. The first-order valence-electron chi connectivity index (χ1n) is 14.3. The first kappa shape index (κ1) is 31.8. The van der Waals surface area contributed by atoms with Crippen LogP contribution in [0.15, 0.2) is 71.6 Å². The second kappa shape index (κ2) is 14.2. The van der Waals surface area contributed by atoms with E-state index >= 15 is 0 Å². The molecule has 41 heavy (non-hydrogen) atoms. The standard InChI is InChI=1S/C31H37N5O2S.C2H6/c1-6-16-36(17-7-2)27(15-19-37)34-29-24(12-9-18-35(29)5)22-10-8-11-23-25-20-21(33-30(38)31(3,4)32)13-14-26(25)39-28(22)23;1-2/h8-15,18-20H,6-7,16-17,32H2,1-5H3,(H,33,38);1-2H3/b27-15+,34-29-;. The number of allylic oxidation sites excluding steroid dienone is 1. The van der Waals surface area contributed by atoms with Crippen LogP contribution >= 0.6 is 11.3 Å². The minimum Gasteiger partial charge on any atom is -0.356 e. The number of amides is 1. The fourth-order valence-electron chi connectivity index (χ4n) is 4.60. The van der Waals surface area contributed by atoms with Gasteiger partial charge in [0.15, 0.2) is 0 Å². The lowest BCUT2D eigenvalue weighted by molar-refractivity contribution is -0.120. The van der Waals surface area contributed by atoms with Crippen LogP contribution in [0.2, 0.25) is 0 Å².